The first kappa shape index (κ1) is 29.1. The molecule has 11 aromatic rings. The first-order chi connectivity index (χ1) is 26.3. The first-order valence-corrected chi connectivity index (χ1v) is 19.0. The largest absolute Gasteiger partial charge is 0.309 e. The van der Waals surface area contributed by atoms with Crippen LogP contribution in [0.5, 0.6) is 0 Å². The third kappa shape index (κ3) is 4.11. The Bertz CT molecular complexity index is 3310. The number of hydrogen-bond acceptors (Lipinski definition) is 1. The number of para-hydroxylation sites is 2. The van der Waals surface area contributed by atoms with Gasteiger partial charge in [0.25, 0.3) is 0 Å². The van der Waals surface area contributed by atoms with Crippen LogP contribution in [0.15, 0.2) is 192 Å². The van der Waals surface area contributed by atoms with Gasteiger partial charge in [-0.1, -0.05) is 139 Å². The fraction of sp³-hybridized carbons (Fsp3) is 0. The zero-order chi connectivity index (χ0) is 34.6. The van der Waals surface area contributed by atoms with Gasteiger partial charge in [-0.05, 0) is 87.6 Å². The summed E-state index contributed by atoms with van der Waals surface area (Å²) in [6, 6.07) is 67.2. The maximum absolute atomic E-state index is 2.51. The Morgan fingerprint density at radius 1 is 0.340 bits per heavy atom. The van der Waals surface area contributed by atoms with Crippen LogP contribution in [-0.4, -0.2) is 9.13 Å². The summed E-state index contributed by atoms with van der Waals surface area (Å²) in [5.74, 6) is 0. The molecule has 0 bridgehead atoms. The SMILES string of the molecule is c1ccc(-n2c3ccccc3c3ccc(-c4ccc5c(c4)c4c6cccc7c6c(cc4n5-c4cccc5ccccc45)Sc4ccccc4-7)cc32)cc1. The number of hydrogen-bond donors (Lipinski definition) is 0. The molecule has 1 aliphatic rings. The molecule has 2 aromatic heterocycles. The van der Waals surface area contributed by atoms with Gasteiger partial charge >= 0.3 is 0 Å². The van der Waals surface area contributed by atoms with E-state index in [4.69, 9.17) is 0 Å². The number of benzene rings is 9. The topological polar surface area (TPSA) is 9.86 Å². The Morgan fingerprint density at radius 3 is 1.96 bits per heavy atom. The molecular formula is C50H30N2S. The summed E-state index contributed by atoms with van der Waals surface area (Å²) in [4.78, 5) is 2.62. The molecule has 12 rings (SSSR count). The van der Waals surface area contributed by atoms with Gasteiger partial charge in [-0.3, -0.25) is 0 Å². The van der Waals surface area contributed by atoms with Crippen molar-refractivity contribution >= 4 is 76.9 Å². The molecule has 0 spiro atoms. The monoisotopic (exact) mass is 690 g/mol. The lowest BCUT2D eigenvalue weighted by molar-refractivity contribution is 1.18. The van der Waals surface area contributed by atoms with Crippen LogP contribution in [0.2, 0.25) is 0 Å². The lowest BCUT2D eigenvalue weighted by atomic mass is 9.94. The van der Waals surface area contributed by atoms with Gasteiger partial charge in [-0.15, -0.1) is 0 Å². The molecule has 0 fully saturated rings. The highest BCUT2D eigenvalue weighted by molar-refractivity contribution is 7.99. The van der Waals surface area contributed by atoms with Crippen molar-refractivity contribution in [2.75, 3.05) is 0 Å². The number of fused-ring (bicyclic) bond motifs is 10. The van der Waals surface area contributed by atoms with Crippen LogP contribution in [0.3, 0.4) is 0 Å². The summed E-state index contributed by atoms with van der Waals surface area (Å²) in [6.45, 7) is 0. The van der Waals surface area contributed by atoms with Crippen molar-refractivity contribution in [1.29, 1.82) is 0 Å². The number of nitrogens with zero attached hydrogens (tertiary/aromatic N) is 2. The Kier molecular flexibility index (Phi) is 6.02. The predicted octanol–water partition coefficient (Wildman–Crippen LogP) is 14.0. The molecule has 0 saturated heterocycles. The van der Waals surface area contributed by atoms with Gasteiger partial charge in [0.15, 0.2) is 0 Å². The van der Waals surface area contributed by atoms with E-state index in [1.807, 2.05) is 11.8 Å². The third-order valence-electron chi connectivity index (χ3n) is 11.3. The van der Waals surface area contributed by atoms with Crippen LogP contribution in [-0.2, 0) is 0 Å². The summed E-state index contributed by atoms with van der Waals surface area (Å²) in [5, 5.41) is 10.2. The molecule has 1 aliphatic heterocycles. The van der Waals surface area contributed by atoms with E-state index in [2.05, 4.69) is 191 Å². The molecule has 246 valence electrons. The molecule has 2 nitrogen and oxygen atoms in total. The molecule has 53 heavy (non-hydrogen) atoms. The Balaban J connectivity index is 1.18. The first-order valence-electron chi connectivity index (χ1n) is 18.2. The van der Waals surface area contributed by atoms with E-state index >= 15 is 0 Å². The smallest absolute Gasteiger partial charge is 0.0559 e. The van der Waals surface area contributed by atoms with E-state index in [0.717, 1.165) is 0 Å². The minimum absolute atomic E-state index is 1.17. The minimum Gasteiger partial charge on any atom is -0.309 e. The standard InChI is InChI=1S/C50H30N2S/c1-2-14-34(15-3-1)51-43-21-8-6-17-36(43)37-26-24-33(29-45(37)51)32-25-27-44-41(28-32)49-40-20-11-19-39-38-18-7-9-23-47(38)53-48(50(39)40)30-46(49)52(44)42-22-10-13-31-12-4-5-16-35(31)42/h1-30H. The van der Waals surface area contributed by atoms with E-state index in [9.17, 15) is 0 Å². The number of rotatable bonds is 3. The van der Waals surface area contributed by atoms with E-state index in [-0.39, 0.29) is 0 Å². The van der Waals surface area contributed by atoms with Crippen molar-refractivity contribution < 1.29 is 0 Å². The fourth-order valence-corrected chi connectivity index (χ4v) is 10.2. The van der Waals surface area contributed by atoms with Crippen LogP contribution < -0.4 is 0 Å². The van der Waals surface area contributed by atoms with Gasteiger partial charge in [-0.25, -0.2) is 0 Å². The lowest BCUT2D eigenvalue weighted by Gasteiger charge is -2.21. The highest BCUT2D eigenvalue weighted by Gasteiger charge is 2.24. The van der Waals surface area contributed by atoms with Gasteiger partial charge < -0.3 is 9.13 Å². The Labute approximate surface area is 310 Å². The normalized spacial score (nSPS) is 12.5. The van der Waals surface area contributed by atoms with Crippen molar-refractivity contribution in [1.82, 2.24) is 9.13 Å². The Hall–Kier alpha value is -6.55. The molecule has 0 saturated carbocycles. The van der Waals surface area contributed by atoms with Crippen LogP contribution in [0.1, 0.15) is 0 Å². The quantitative estimate of drug-likeness (QED) is 0.179. The maximum Gasteiger partial charge on any atom is 0.0559 e. The van der Waals surface area contributed by atoms with Crippen molar-refractivity contribution in [3.8, 4) is 33.6 Å². The van der Waals surface area contributed by atoms with Crippen LogP contribution in [0.25, 0.3) is 98.8 Å². The highest BCUT2D eigenvalue weighted by Crippen LogP contribution is 2.51. The summed E-state index contributed by atoms with van der Waals surface area (Å²) >= 11 is 1.89. The molecule has 0 aliphatic carbocycles. The molecule has 0 unspecified atom stereocenters. The summed E-state index contributed by atoms with van der Waals surface area (Å²) in [7, 11) is 0. The van der Waals surface area contributed by atoms with Crippen molar-refractivity contribution in [2.24, 2.45) is 0 Å². The zero-order valence-electron chi connectivity index (χ0n) is 28.6. The van der Waals surface area contributed by atoms with Crippen LogP contribution >= 0.6 is 11.8 Å². The van der Waals surface area contributed by atoms with Crippen molar-refractivity contribution in [3.63, 3.8) is 0 Å². The second-order valence-electron chi connectivity index (χ2n) is 14.1. The third-order valence-corrected chi connectivity index (χ3v) is 12.4. The lowest BCUT2D eigenvalue weighted by Crippen LogP contribution is -1.97. The minimum atomic E-state index is 1.17. The van der Waals surface area contributed by atoms with Gasteiger partial charge in [0, 0.05) is 47.8 Å². The summed E-state index contributed by atoms with van der Waals surface area (Å²) in [5.41, 5.74) is 12.3. The van der Waals surface area contributed by atoms with E-state index < -0.39 is 0 Å². The zero-order valence-corrected chi connectivity index (χ0v) is 29.4. The highest BCUT2D eigenvalue weighted by atomic mass is 32.2. The fourth-order valence-electron chi connectivity index (χ4n) is 9.00. The molecule has 0 radical (unpaired) electrons. The van der Waals surface area contributed by atoms with E-state index in [0.29, 0.717) is 0 Å². The molecule has 0 amide bonds. The second-order valence-corrected chi connectivity index (χ2v) is 15.2. The van der Waals surface area contributed by atoms with E-state index in [1.54, 1.807) is 0 Å². The van der Waals surface area contributed by atoms with Crippen LogP contribution in [0, 0.1) is 0 Å². The average molecular weight is 691 g/mol. The van der Waals surface area contributed by atoms with Crippen molar-refractivity contribution in [3.05, 3.63) is 182 Å². The molecule has 3 heterocycles. The molecular weight excluding hydrogens is 661 g/mol. The van der Waals surface area contributed by atoms with Gasteiger partial charge in [0.05, 0.1) is 27.8 Å². The molecule has 0 atom stereocenters. The van der Waals surface area contributed by atoms with E-state index in [1.165, 1.54) is 109 Å². The molecule has 9 aromatic carbocycles. The second kappa shape index (κ2) is 11.0. The van der Waals surface area contributed by atoms with Crippen molar-refractivity contribution in [2.45, 2.75) is 9.79 Å². The number of aromatic nitrogens is 2. The predicted molar refractivity (Wildman–Crippen MR) is 225 cm³/mol. The summed E-state index contributed by atoms with van der Waals surface area (Å²) < 4.78 is 4.92. The Morgan fingerprint density at radius 2 is 1.02 bits per heavy atom. The average Bonchev–Trinajstić information content (AvgIpc) is 3.73. The summed E-state index contributed by atoms with van der Waals surface area (Å²) in [6.07, 6.45) is 0. The maximum atomic E-state index is 2.51. The van der Waals surface area contributed by atoms with Gasteiger partial charge in [0.2, 0.25) is 0 Å². The molecule has 3 heteroatoms. The van der Waals surface area contributed by atoms with Crippen LogP contribution in [0.4, 0.5) is 0 Å². The van der Waals surface area contributed by atoms with Gasteiger partial charge in [0.1, 0.15) is 0 Å². The van der Waals surface area contributed by atoms with Gasteiger partial charge in [-0.2, -0.15) is 0 Å². The molecule has 0 N–H and O–H groups in total.